The molecule has 3 nitrogen and oxygen atoms in total. The molecule has 0 saturated carbocycles. The number of hydrogen-bond acceptors (Lipinski definition) is 2. The summed E-state index contributed by atoms with van der Waals surface area (Å²) in [4.78, 5) is 7.79. The minimum atomic E-state index is 0.597. The van der Waals surface area contributed by atoms with Crippen LogP contribution >= 0.6 is 11.6 Å². The van der Waals surface area contributed by atoms with Gasteiger partial charge in [-0.1, -0.05) is 29.8 Å². The van der Waals surface area contributed by atoms with Crippen LogP contribution in [0.2, 0.25) is 5.02 Å². The van der Waals surface area contributed by atoms with Gasteiger partial charge in [-0.15, -0.1) is 0 Å². The fourth-order valence-corrected chi connectivity index (χ4v) is 2.59. The van der Waals surface area contributed by atoms with Crippen molar-refractivity contribution in [1.29, 1.82) is 0 Å². The van der Waals surface area contributed by atoms with Crippen molar-refractivity contribution in [2.45, 2.75) is 6.42 Å². The summed E-state index contributed by atoms with van der Waals surface area (Å²) in [6.07, 6.45) is 2.58. The van der Waals surface area contributed by atoms with Gasteiger partial charge in [-0.25, -0.2) is 0 Å². The minimum absolute atomic E-state index is 0.597. The van der Waals surface area contributed by atoms with Gasteiger partial charge in [0.1, 0.15) is 0 Å². The number of halogens is 1. The Morgan fingerprint density at radius 2 is 2.05 bits per heavy atom. The van der Waals surface area contributed by atoms with Crippen LogP contribution in [0.15, 0.2) is 42.6 Å². The van der Waals surface area contributed by atoms with Gasteiger partial charge in [-0.05, 0) is 36.7 Å². The van der Waals surface area contributed by atoms with Crippen LogP contribution in [0.4, 0.5) is 0 Å². The molecule has 4 heteroatoms. The molecular formula is C15H14ClN3. The van der Waals surface area contributed by atoms with Gasteiger partial charge < -0.3 is 10.7 Å². The molecule has 0 unspecified atom stereocenters. The number of nitrogens with one attached hydrogen (secondary N) is 1. The smallest absolute Gasteiger partial charge is 0.0867 e. The Hall–Kier alpha value is -1.84. The number of fused-ring (bicyclic) bond motifs is 1. The highest BCUT2D eigenvalue weighted by Crippen LogP contribution is 2.32. The van der Waals surface area contributed by atoms with E-state index in [1.165, 1.54) is 5.56 Å². The molecule has 0 radical (unpaired) electrons. The van der Waals surface area contributed by atoms with Crippen molar-refractivity contribution in [3.8, 4) is 11.4 Å². The summed E-state index contributed by atoms with van der Waals surface area (Å²) in [5.74, 6) is 0. The Kier molecular flexibility index (Phi) is 3.23. The third-order valence-corrected chi connectivity index (χ3v) is 3.52. The molecule has 3 rings (SSSR count). The third-order valence-electron chi connectivity index (χ3n) is 3.21. The molecule has 0 aliphatic heterocycles. The second kappa shape index (κ2) is 5.03. The fourth-order valence-electron chi connectivity index (χ4n) is 2.37. The highest BCUT2D eigenvalue weighted by molar-refractivity contribution is 6.35. The maximum Gasteiger partial charge on any atom is 0.0867 e. The summed E-state index contributed by atoms with van der Waals surface area (Å²) in [6, 6.07) is 11.8. The fraction of sp³-hybridized carbons (Fsp3) is 0.133. The van der Waals surface area contributed by atoms with Crippen LogP contribution in [-0.2, 0) is 6.42 Å². The zero-order valence-electron chi connectivity index (χ0n) is 10.4. The van der Waals surface area contributed by atoms with Gasteiger partial charge in [0.15, 0.2) is 0 Å². The van der Waals surface area contributed by atoms with Gasteiger partial charge in [0, 0.05) is 11.6 Å². The Morgan fingerprint density at radius 3 is 2.79 bits per heavy atom. The molecule has 0 bridgehead atoms. The number of para-hydroxylation sites is 1. The van der Waals surface area contributed by atoms with Crippen LogP contribution in [0.3, 0.4) is 0 Å². The molecule has 0 aliphatic rings. The highest BCUT2D eigenvalue weighted by atomic mass is 35.5. The molecule has 96 valence electrons. The van der Waals surface area contributed by atoms with E-state index in [0.717, 1.165) is 33.7 Å². The predicted molar refractivity (Wildman–Crippen MR) is 79.3 cm³/mol. The number of rotatable bonds is 3. The van der Waals surface area contributed by atoms with E-state index in [4.69, 9.17) is 17.3 Å². The van der Waals surface area contributed by atoms with Gasteiger partial charge in [0.25, 0.3) is 0 Å². The van der Waals surface area contributed by atoms with Gasteiger partial charge >= 0.3 is 0 Å². The van der Waals surface area contributed by atoms with Gasteiger partial charge in [0.2, 0.25) is 0 Å². The zero-order valence-corrected chi connectivity index (χ0v) is 11.1. The van der Waals surface area contributed by atoms with Gasteiger partial charge in [-0.3, -0.25) is 4.98 Å². The lowest BCUT2D eigenvalue weighted by Gasteiger charge is -2.02. The van der Waals surface area contributed by atoms with Gasteiger partial charge in [-0.2, -0.15) is 0 Å². The van der Waals surface area contributed by atoms with Crippen molar-refractivity contribution >= 4 is 22.5 Å². The van der Waals surface area contributed by atoms with E-state index in [1.54, 1.807) is 6.20 Å². The first-order chi connectivity index (χ1) is 9.31. The lowest BCUT2D eigenvalue weighted by molar-refractivity contribution is 0.976. The first kappa shape index (κ1) is 12.2. The predicted octanol–water partition coefficient (Wildman–Crippen LogP) is 3.38. The molecule has 19 heavy (non-hydrogen) atoms. The average Bonchev–Trinajstić information content (AvgIpc) is 2.81. The van der Waals surface area contributed by atoms with Crippen molar-refractivity contribution < 1.29 is 0 Å². The van der Waals surface area contributed by atoms with Crippen LogP contribution in [-0.4, -0.2) is 16.5 Å². The summed E-state index contributed by atoms with van der Waals surface area (Å²) in [7, 11) is 0. The normalized spacial score (nSPS) is 11.1. The van der Waals surface area contributed by atoms with Gasteiger partial charge in [0.05, 0.1) is 21.9 Å². The third kappa shape index (κ3) is 2.11. The summed E-state index contributed by atoms with van der Waals surface area (Å²) >= 11 is 6.25. The zero-order chi connectivity index (χ0) is 13.2. The summed E-state index contributed by atoms with van der Waals surface area (Å²) < 4.78 is 0. The van der Waals surface area contributed by atoms with E-state index >= 15 is 0 Å². The number of nitrogens with zero attached hydrogens (tertiary/aromatic N) is 1. The molecule has 0 atom stereocenters. The van der Waals surface area contributed by atoms with E-state index in [0.29, 0.717) is 6.54 Å². The highest BCUT2D eigenvalue weighted by Gasteiger charge is 2.14. The van der Waals surface area contributed by atoms with Crippen LogP contribution in [0.1, 0.15) is 5.56 Å². The number of aromatic amines is 1. The first-order valence-electron chi connectivity index (χ1n) is 6.22. The van der Waals surface area contributed by atoms with Crippen LogP contribution in [0.5, 0.6) is 0 Å². The standard InChI is InChI=1S/C15H14ClN3/c16-12-5-3-4-10-11(7-8-17)15(19-14(10)12)13-6-1-2-9-18-13/h1-6,9,19H,7-8,17H2. The molecule has 0 amide bonds. The van der Waals surface area contributed by atoms with E-state index in [2.05, 4.69) is 16.0 Å². The number of hydrogen-bond donors (Lipinski definition) is 2. The molecular weight excluding hydrogens is 258 g/mol. The Morgan fingerprint density at radius 1 is 1.16 bits per heavy atom. The average molecular weight is 272 g/mol. The molecule has 0 saturated heterocycles. The Balaban J connectivity index is 2.29. The van der Waals surface area contributed by atoms with Crippen LogP contribution in [0.25, 0.3) is 22.3 Å². The molecule has 0 fully saturated rings. The number of nitrogens with two attached hydrogens (primary N) is 1. The molecule has 1 aromatic carbocycles. The molecule has 3 N–H and O–H groups in total. The quantitative estimate of drug-likeness (QED) is 0.767. The molecule has 2 aromatic heterocycles. The second-order valence-corrected chi connectivity index (χ2v) is 4.80. The molecule has 3 aromatic rings. The van der Waals surface area contributed by atoms with Crippen LogP contribution in [0, 0.1) is 0 Å². The number of pyridine rings is 1. The van der Waals surface area contributed by atoms with E-state index in [-0.39, 0.29) is 0 Å². The first-order valence-corrected chi connectivity index (χ1v) is 6.59. The number of aromatic nitrogens is 2. The van der Waals surface area contributed by atoms with Crippen molar-refractivity contribution in [2.24, 2.45) is 5.73 Å². The van der Waals surface area contributed by atoms with Crippen molar-refractivity contribution in [3.63, 3.8) is 0 Å². The van der Waals surface area contributed by atoms with E-state index < -0.39 is 0 Å². The SMILES string of the molecule is NCCc1c(-c2ccccn2)[nH]c2c(Cl)cccc12. The second-order valence-electron chi connectivity index (χ2n) is 4.39. The monoisotopic (exact) mass is 271 g/mol. The van der Waals surface area contributed by atoms with E-state index in [9.17, 15) is 0 Å². The van der Waals surface area contributed by atoms with Crippen molar-refractivity contribution in [2.75, 3.05) is 6.54 Å². The summed E-state index contributed by atoms with van der Waals surface area (Å²) in [5, 5.41) is 1.84. The lowest BCUT2D eigenvalue weighted by atomic mass is 10.1. The number of H-pyrrole nitrogens is 1. The Bertz CT molecular complexity index is 704. The number of benzene rings is 1. The molecule has 2 heterocycles. The minimum Gasteiger partial charge on any atom is -0.352 e. The molecule has 0 spiro atoms. The van der Waals surface area contributed by atoms with E-state index in [1.807, 2.05) is 30.3 Å². The largest absolute Gasteiger partial charge is 0.352 e. The summed E-state index contributed by atoms with van der Waals surface area (Å²) in [6.45, 7) is 0.597. The topological polar surface area (TPSA) is 54.7 Å². The maximum absolute atomic E-state index is 6.25. The van der Waals surface area contributed by atoms with Crippen LogP contribution < -0.4 is 5.73 Å². The molecule has 0 aliphatic carbocycles. The Labute approximate surface area is 116 Å². The maximum atomic E-state index is 6.25. The summed E-state index contributed by atoms with van der Waals surface area (Å²) in [5.41, 5.74) is 9.78. The van der Waals surface area contributed by atoms with Crippen molar-refractivity contribution in [1.82, 2.24) is 9.97 Å². The van der Waals surface area contributed by atoms with Crippen molar-refractivity contribution in [3.05, 3.63) is 53.2 Å². The lowest BCUT2D eigenvalue weighted by Crippen LogP contribution is -2.03.